The van der Waals surface area contributed by atoms with E-state index in [1.807, 2.05) is 0 Å². The van der Waals surface area contributed by atoms with E-state index in [2.05, 4.69) is 26.5 Å². The van der Waals surface area contributed by atoms with Crippen molar-refractivity contribution in [2.75, 3.05) is 5.43 Å². The molecule has 1 aromatic rings. The minimum Gasteiger partial charge on any atom is -0.505 e. The normalized spacial score (nSPS) is 11.8. The Morgan fingerprint density at radius 2 is 2.06 bits per heavy atom. The molecule has 0 aromatic heterocycles. The van der Waals surface area contributed by atoms with Gasteiger partial charge in [-0.15, -0.1) is 0 Å². The first-order valence-corrected chi connectivity index (χ1v) is 5.09. The van der Waals surface area contributed by atoms with E-state index in [0.29, 0.717) is 0 Å². The van der Waals surface area contributed by atoms with E-state index >= 15 is 0 Å². The van der Waals surface area contributed by atoms with E-state index in [-0.39, 0.29) is 16.4 Å². The van der Waals surface area contributed by atoms with Gasteiger partial charge in [-0.3, -0.25) is 10.2 Å². The lowest BCUT2D eigenvalue weighted by Gasteiger charge is -2.05. The average Bonchev–Trinajstić information content (AvgIpc) is 2.23. The molecule has 2 N–H and O–H groups in total. The molecule has 98 valence electrons. The summed E-state index contributed by atoms with van der Waals surface area (Å²) in [5.74, 6) is -3.77. The molecule has 0 aliphatic carbocycles. The van der Waals surface area contributed by atoms with Gasteiger partial charge in [-0.1, -0.05) is 0 Å². The molecule has 4 nitrogen and oxygen atoms in total. The Morgan fingerprint density at radius 1 is 1.44 bits per heavy atom. The fourth-order valence-electron chi connectivity index (χ4n) is 0.857. The topological polar surface area (TPSA) is 61.7 Å². The summed E-state index contributed by atoms with van der Waals surface area (Å²) in [6, 6.07) is 1.79. The number of nitrogens with zero attached hydrogens (tertiary/aromatic N) is 1. The first kappa shape index (κ1) is 14.4. The molecular formula is C9H5BrF4N2O2. The Labute approximate surface area is 106 Å². The molecule has 0 aliphatic rings. The van der Waals surface area contributed by atoms with Gasteiger partial charge in [0.05, 0.1) is 11.9 Å². The second kappa shape index (κ2) is 5.34. The minimum absolute atomic E-state index is 0.000115. The molecule has 0 amide bonds. The first-order valence-electron chi connectivity index (χ1n) is 4.30. The number of phenolic OH excluding ortho intramolecular Hbond substituents is 1. The summed E-state index contributed by atoms with van der Waals surface area (Å²) in [7, 11) is 0. The monoisotopic (exact) mass is 328 g/mol. The number of hydrogen-bond acceptors (Lipinski definition) is 4. The lowest BCUT2D eigenvalue weighted by Crippen LogP contribution is -2.23. The number of hydrazone groups is 1. The van der Waals surface area contributed by atoms with Crippen LogP contribution in [0.2, 0.25) is 0 Å². The lowest BCUT2D eigenvalue weighted by molar-refractivity contribution is -0.162. The lowest BCUT2D eigenvalue weighted by atomic mass is 10.3. The second-order valence-corrected chi connectivity index (χ2v) is 3.87. The molecule has 0 atom stereocenters. The number of nitrogens with one attached hydrogen (secondary N) is 1. The Morgan fingerprint density at radius 3 is 2.61 bits per heavy atom. The van der Waals surface area contributed by atoms with Crippen LogP contribution in [-0.2, 0) is 4.79 Å². The van der Waals surface area contributed by atoms with Gasteiger partial charge in [-0.25, -0.2) is 4.39 Å². The highest BCUT2D eigenvalue weighted by Gasteiger charge is 2.36. The fraction of sp³-hybridized carbons (Fsp3) is 0.111. The molecule has 0 unspecified atom stereocenters. The van der Waals surface area contributed by atoms with Gasteiger partial charge in [0.2, 0.25) is 0 Å². The summed E-state index contributed by atoms with van der Waals surface area (Å²) in [6.07, 6.45) is -4.97. The maximum Gasteiger partial charge on any atom is 0.455 e. The van der Waals surface area contributed by atoms with Crippen molar-refractivity contribution in [3.05, 3.63) is 22.4 Å². The molecule has 1 rings (SSSR count). The highest BCUT2D eigenvalue weighted by atomic mass is 79.9. The van der Waals surface area contributed by atoms with Gasteiger partial charge in [0.25, 0.3) is 5.78 Å². The van der Waals surface area contributed by atoms with Gasteiger partial charge in [0.15, 0.2) is 11.6 Å². The standard InChI is InChI=1S/C9H5BrF4N2O2/c10-4-1-5(11)7(17)2-6(4)16-15-3-8(18)9(12,13)14/h1-3,16-17H. The maximum absolute atomic E-state index is 12.8. The van der Waals surface area contributed by atoms with E-state index in [1.165, 1.54) is 0 Å². The number of rotatable bonds is 3. The quantitative estimate of drug-likeness (QED) is 0.509. The summed E-state index contributed by atoms with van der Waals surface area (Å²) in [5, 5.41) is 12.1. The highest BCUT2D eigenvalue weighted by molar-refractivity contribution is 9.10. The smallest absolute Gasteiger partial charge is 0.455 e. The molecule has 0 heterocycles. The SMILES string of the molecule is O=C(C=NNc1cc(O)c(F)cc1Br)C(F)(F)F. The van der Waals surface area contributed by atoms with Gasteiger partial charge in [0, 0.05) is 10.5 Å². The van der Waals surface area contributed by atoms with E-state index in [4.69, 9.17) is 5.11 Å². The largest absolute Gasteiger partial charge is 0.505 e. The van der Waals surface area contributed by atoms with E-state index in [9.17, 15) is 22.4 Å². The average molecular weight is 329 g/mol. The third-order valence-electron chi connectivity index (χ3n) is 1.68. The van der Waals surface area contributed by atoms with Crippen LogP contribution in [0.4, 0.5) is 23.2 Å². The Hall–Kier alpha value is -1.64. The van der Waals surface area contributed by atoms with Gasteiger partial charge in [-0.05, 0) is 22.0 Å². The molecular weight excluding hydrogens is 324 g/mol. The highest BCUT2D eigenvalue weighted by Crippen LogP contribution is 2.29. The Balaban J connectivity index is 2.79. The minimum atomic E-state index is -5.01. The molecule has 0 spiro atoms. The van der Waals surface area contributed by atoms with Crippen LogP contribution < -0.4 is 5.43 Å². The first-order chi connectivity index (χ1) is 8.21. The molecule has 0 saturated heterocycles. The van der Waals surface area contributed by atoms with Gasteiger partial charge in [0.1, 0.15) is 0 Å². The number of alkyl halides is 3. The number of ketones is 1. The van der Waals surface area contributed by atoms with Crippen molar-refractivity contribution in [1.29, 1.82) is 0 Å². The van der Waals surface area contributed by atoms with Crippen molar-refractivity contribution in [3.63, 3.8) is 0 Å². The van der Waals surface area contributed by atoms with E-state index < -0.39 is 23.5 Å². The van der Waals surface area contributed by atoms with Crippen molar-refractivity contribution >= 4 is 33.6 Å². The third-order valence-corrected chi connectivity index (χ3v) is 2.34. The van der Waals surface area contributed by atoms with Gasteiger partial charge in [-0.2, -0.15) is 18.3 Å². The van der Waals surface area contributed by atoms with Crippen molar-refractivity contribution in [2.24, 2.45) is 5.10 Å². The molecule has 0 bridgehead atoms. The van der Waals surface area contributed by atoms with Crippen molar-refractivity contribution in [1.82, 2.24) is 0 Å². The molecule has 0 saturated carbocycles. The van der Waals surface area contributed by atoms with Crippen LogP contribution >= 0.6 is 15.9 Å². The molecule has 0 fully saturated rings. The maximum atomic E-state index is 12.8. The number of carbonyl (C=O) groups is 1. The zero-order chi connectivity index (χ0) is 13.9. The van der Waals surface area contributed by atoms with Crippen LogP contribution in [-0.4, -0.2) is 23.3 Å². The number of aromatic hydroxyl groups is 1. The van der Waals surface area contributed by atoms with Crippen LogP contribution in [0.25, 0.3) is 0 Å². The molecule has 0 aliphatic heterocycles. The number of benzene rings is 1. The molecule has 1 aromatic carbocycles. The third kappa shape index (κ3) is 3.69. The Bertz CT molecular complexity index is 502. The molecule has 18 heavy (non-hydrogen) atoms. The number of hydrogen-bond donors (Lipinski definition) is 2. The molecule has 9 heteroatoms. The van der Waals surface area contributed by atoms with Crippen LogP contribution in [0.5, 0.6) is 5.75 Å². The van der Waals surface area contributed by atoms with Crippen LogP contribution in [0, 0.1) is 5.82 Å². The fourth-order valence-corrected chi connectivity index (χ4v) is 1.26. The van der Waals surface area contributed by atoms with E-state index in [1.54, 1.807) is 0 Å². The predicted octanol–water partition coefficient (Wildman–Crippen LogP) is 2.82. The number of phenols is 1. The number of halogens is 5. The number of carbonyl (C=O) groups excluding carboxylic acids is 1. The van der Waals surface area contributed by atoms with Crippen molar-refractivity contribution in [2.45, 2.75) is 6.18 Å². The summed E-state index contributed by atoms with van der Waals surface area (Å²) in [6.45, 7) is 0. The predicted molar refractivity (Wildman–Crippen MR) is 58.9 cm³/mol. The van der Waals surface area contributed by atoms with Crippen LogP contribution in [0.15, 0.2) is 21.7 Å². The second-order valence-electron chi connectivity index (χ2n) is 3.02. The van der Waals surface area contributed by atoms with Gasteiger partial charge >= 0.3 is 6.18 Å². The van der Waals surface area contributed by atoms with Crippen molar-refractivity contribution < 1.29 is 27.5 Å². The number of anilines is 1. The summed E-state index contributed by atoms with van der Waals surface area (Å²) in [5.41, 5.74) is 2.06. The van der Waals surface area contributed by atoms with E-state index in [0.717, 1.165) is 12.1 Å². The zero-order valence-electron chi connectivity index (χ0n) is 8.42. The molecule has 0 radical (unpaired) electrons. The Kier molecular flexibility index (Phi) is 4.28. The van der Waals surface area contributed by atoms with Crippen molar-refractivity contribution in [3.8, 4) is 5.75 Å². The van der Waals surface area contributed by atoms with Gasteiger partial charge < -0.3 is 5.11 Å². The summed E-state index contributed by atoms with van der Waals surface area (Å²) < 4.78 is 48.3. The van der Waals surface area contributed by atoms with Crippen LogP contribution in [0.1, 0.15) is 0 Å². The summed E-state index contributed by atoms with van der Waals surface area (Å²) >= 11 is 2.89. The zero-order valence-corrected chi connectivity index (χ0v) is 10.0. The number of Topliss-reactive ketones (excluding diaryl/α,β-unsaturated/α-hetero) is 1. The summed E-state index contributed by atoms with van der Waals surface area (Å²) in [4.78, 5) is 10.4. The van der Waals surface area contributed by atoms with Crippen LogP contribution in [0.3, 0.4) is 0 Å².